The van der Waals surface area contributed by atoms with Gasteiger partial charge < -0.3 is 9.15 Å². The van der Waals surface area contributed by atoms with Crippen LogP contribution in [-0.4, -0.2) is 7.11 Å². The Morgan fingerprint density at radius 3 is 2.59 bits per heavy atom. The number of methoxy groups -OCH3 is 1. The first kappa shape index (κ1) is 11.2. The number of rotatable bonds is 3. The SMILES string of the molecule is COc1ccoc(=O)c1C=Cc1ccccc1. The molecule has 17 heavy (non-hydrogen) atoms. The summed E-state index contributed by atoms with van der Waals surface area (Å²) in [6.07, 6.45) is 4.86. The quantitative estimate of drug-likeness (QED) is 0.810. The topological polar surface area (TPSA) is 39.4 Å². The van der Waals surface area contributed by atoms with Crippen LogP contribution in [0.2, 0.25) is 0 Å². The Bertz CT molecular complexity index is 568. The molecule has 0 N–H and O–H groups in total. The first-order valence-corrected chi connectivity index (χ1v) is 5.20. The van der Waals surface area contributed by atoms with Gasteiger partial charge >= 0.3 is 5.63 Å². The van der Waals surface area contributed by atoms with E-state index in [0.29, 0.717) is 11.3 Å². The van der Waals surface area contributed by atoms with Crippen molar-refractivity contribution < 1.29 is 9.15 Å². The van der Waals surface area contributed by atoms with E-state index >= 15 is 0 Å². The van der Waals surface area contributed by atoms with Gasteiger partial charge in [-0.2, -0.15) is 0 Å². The molecule has 0 fully saturated rings. The number of hydrogen-bond acceptors (Lipinski definition) is 3. The van der Waals surface area contributed by atoms with Gasteiger partial charge in [-0.25, -0.2) is 4.79 Å². The predicted octanol–water partition coefficient (Wildman–Crippen LogP) is 2.82. The van der Waals surface area contributed by atoms with Gasteiger partial charge in [0.05, 0.1) is 13.4 Å². The highest BCUT2D eigenvalue weighted by molar-refractivity contribution is 5.71. The van der Waals surface area contributed by atoms with Crippen molar-refractivity contribution in [1.29, 1.82) is 0 Å². The highest BCUT2D eigenvalue weighted by atomic mass is 16.5. The maximum Gasteiger partial charge on any atom is 0.346 e. The molecule has 0 bridgehead atoms. The molecule has 3 nitrogen and oxygen atoms in total. The highest BCUT2D eigenvalue weighted by Gasteiger charge is 2.04. The molecule has 86 valence electrons. The molecule has 0 aliphatic rings. The van der Waals surface area contributed by atoms with E-state index in [4.69, 9.17) is 9.15 Å². The van der Waals surface area contributed by atoms with Crippen LogP contribution >= 0.6 is 0 Å². The lowest BCUT2D eigenvalue weighted by Crippen LogP contribution is -2.04. The Balaban J connectivity index is 2.36. The Morgan fingerprint density at radius 1 is 1.12 bits per heavy atom. The minimum Gasteiger partial charge on any atom is -0.496 e. The molecule has 1 aromatic heterocycles. The molecule has 0 spiro atoms. The van der Waals surface area contributed by atoms with Gasteiger partial charge in [-0.15, -0.1) is 0 Å². The fourth-order valence-electron chi connectivity index (χ4n) is 1.48. The summed E-state index contributed by atoms with van der Waals surface area (Å²) < 4.78 is 9.91. The van der Waals surface area contributed by atoms with Gasteiger partial charge in [-0.05, 0) is 11.6 Å². The van der Waals surface area contributed by atoms with E-state index in [9.17, 15) is 4.79 Å². The zero-order chi connectivity index (χ0) is 12.1. The summed E-state index contributed by atoms with van der Waals surface area (Å²) in [6.45, 7) is 0. The molecule has 3 heteroatoms. The van der Waals surface area contributed by atoms with Crippen LogP contribution in [0.25, 0.3) is 12.2 Å². The second-order valence-electron chi connectivity index (χ2n) is 3.43. The van der Waals surface area contributed by atoms with Crippen LogP contribution in [0.1, 0.15) is 11.1 Å². The molecule has 2 rings (SSSR count). The molecule has 0 saturated heterocycles. The lowest BCUT2D eigenvalue weighted by molar-refractivity contribution is 0.400. The third-order valence-corrected chi connectivity index (χ3v) is 2.34. The van der Waals surface area contributed by atoms with Crippen molar-refractivity contribution in [2.45, 2.75) is 0 Å². The van der Waals surface area contributed by atoms with Crippen LogP contribution < -0.4 is 10.4 Å². The predicted molar refractivity (Wildman–Crippen MR) is 66.9 cm³/mol. The minimum atomic E-state index is -0.406. The van der Waals surface area contributed by atoms with E-state index in [-0.39, 0.29) is 0 Å². The lowest BCUT2D eigenvalue weighted by Gasteiger charge is -2.01. The van der Waals surface area contributed by atoms with Crippen molar-refractivity contribution in [1.82, 2.24) is 0 Å². The van der Waals surface area contributed by atoms with Crippen molar-refractivity contribution in [3.63, 3.8) is 0 Å². The molecule has 0 aliphatic carbocycles. The largest absolute Gasteiger partial charge is 0.496 e. The summed E-state index contributed by atoms with van der Waals surface area (Å²) in [5, 5.41) is 0. The summed E-state index contributed by atoms with van der Waals surface area (Å²) in [4.78, 5) is 11.5. The van der Waals surface area contributed by atoms with Gasteiger partial charge in [-0.3, -0.25) is 0 Å². The van der Waals surface area contributed by atoms with Crippen molar-refractivity contribution in [3.8, 4) is 5.75 Å². The first-order chi connectivity index (χ1) is 8.31. The van der Waals surface area contributed by atoms with E-state index in [0.717, 1.165) is 5.56 Å². The molecule has 0 radical (unpaired) electrons. The summed E-state index contributed by atoms with van der Waals surface area (Å²) in [7, 11) is 1.52. The van der Waals surface area contributed by atoms with Crippen molar-refractivity contribution in [2.75, 3.05) is 7.11 Å². The normalized spacial score (nSPS) is 10.6. The average Bonchev–Trinajstić information content (AvgIpc) is 2.38. The summed E-state index contributed by atoms with van der Waals surface area (Å²) in [5.41, 5.74) is 1.02. The molecule has 0 saturated carbocycles. The van der Waals surface area contributed by atoms with Gasteiger partial charge in [-0.1, -0.05) is 36.4 Å². The van der Waals surface area contributed by atoms with E-state index in [1.165, 1.54) is 13.4 Å². The van der Waals surface area contributed by atoms with Crippen molar-refractivity contribution >= 4 is 12.2 Å². The number of benzene rings is 1. The zero-order valence-electron chi connectivity index (χ0n) is 9.42. The standard InChI is InChI=1S/C14H12O3/c1-16-13-9-10-17-14(15)12(13)8-7-11-5-3-2-4-6-11/h2-10H,1H3. The van der Waals surface area contributed by atoms with Gasteiger partial charge in [0.25, 0.3) is 0 Å². The van der Waals surface area contributed by atoms with Gasteiger partial charge in [0.1, 0.15) is 11.3 Å². The molecule has 0 unspecified atom stereocenters. The monoisotopic (exact) mass is 228 g/mol. The van der Waals surface area contributed by atoms with Crippen molar-refractivity contribution in [3.05, 3.63) is 64.2 Å². The van der Waals surface area contributed by atoms with Gasteiger partial charge in [0.2, 0.25) is 0 Å². The summed E-state index contributed by atoms with van der Waals surface area (Å²) >= 11 is 0. The third kappa shape index (κ3) is 2.64. The fourth-order valence-corrected chi connectivity index (χ4v) is 1.48. The Morgan fingerprint density at radius 2 is 1.88 bits per heavy atom. The van der Waals surface area contributed by atoms with Crippen molar-refractivity contribution in [2.24, 2.45) is 0 Å². The molecule has 0 aliphatic heterocycles. The van der Waals surface area contributed by atoms with Crippen LogP contribution in [0, 0.1) is 0 Å². The second-order valence-corrected chi connectivity index (χ2v) is 3.43. The Kier molecular flexibility index (Phi) is 3.40. The smallest absolute Gasteiger partial charge is 0.346 e. The molecule has 1 heterocycles. The minimum absolute atomic E-state index is 0.406. The van der Waals surface area contributed by atoms with Crippen LogP contribution in [0.15, 0.2) is 51.9 Å². The highest BCUT2D eigenvalue weighted by Crippen LogP contribution is 2.16. The third-order valence-electron chi connectivity index (χ3n) is 2.34. The van der Waals surface area contributed by atoms with Gasteiger partial charge in [0.15, 0.2) is 0 Å². The van der Waals surface area contributed by atoms with Crippen LogP contribution in [0.3, 0.4) is 0 Å². The van der Waals surface area contributed by atoms with E-state index in [1.54, 1.807) is 12.1 Å². The molecule has 1 aromatic carbocycles. The number of ether oxygens (including phenoxy) is 1. The second kappa shape index (κ2) is 5.16. The fraction of sp³-hybridized carbons (Fsp3) is 0.0714. The van der Waals surface area contributed by atoms with Crippen LogP contribution in [0.5, 0.6) is 5.75 Å². The van der Waals surface area contributed by atoms with Crippen LogP contribution in [0.4, 0.5) is 0 Å². The molecule has 2 aromatic rings. The molecular weight excluding hydrogens is 216 g/mol. The Labute approximate surface area is 99.0 Å². The molecule has 0 atom stereocenters. The maximum atomic E-state index is 11.5. The van der Waals surface area contributed by atoms with E-state index in [1.807, 2.05) is 36.4 Å². The van der Waals surface area contributed by atoms with E-state index in [2.05, 4.69) is 0 Å². The summed E-state index contributed by atoms with van der Waals surface area (Å²) in [5.74, 6) is 0.508. The number of hydrogen-bond donors (Lipinski definition) is 0. The lowest BCUT2D eigenvalue weighted by atomic mass is 10.1. The zero-order valence-corrected chi connectivity index (χ0v) is 9.42. The first-order valence-electron chi connectivity index (χ1n) is 5.20. The molecule has 0 amide bonds. The maximum absolute atomic E-state index is 11.5. The van der Waals surface area contributed by atoms with E-state index < -0.39 is 5.63 Å². The average molecular weight is 228 g/mol. The molecular formula is C14H12O3. The van der Waals surface area contributed by atoms with Crippen LogP contribution in [-0.2, 0) is 0 Å². The summed E-state index contributed by atoms with van der Waals surface area (Å²) in [6, 6.07) is 11.3. The Hall–Kier alpha value is -2.29. The van der Waals surface area contributed by atoms with Gasteiger partial charge in [0, 0.05) is 6.07 Å².